The second-order valence-corrected chi connectivity index (χ2v) is 5.33. The van der Waals surface area contributed by atoms with Crippen LogP contribution in [0.25, 0.3) is 0 Å². The molecular weight excluding hydrogens is 228 g/mol. The molecule has 0 aliphatic carbocycles. The van der Waals surface area contributed by atoms with E-state index in [1.807, 2.05) is 12.1 Å². The molecule has 1 saturated heterocycles. The number of para-hydroxylation sites is 1. The largest absolute Gasteiger partial charge is 0.349 e. The highest BCUT2D eigenvalue weighted by molar-refractivity contribution is 7.80. The van der Waals surface area contributed by atoms with E-state index in [0.717, 1.165) is 29.8 Å². The number of hydrogen-bond acceptors (Lipinski definition) is 1. The van der Waals surface area contributed by atoms with E-state index in [-0.39, 0.29) is 0 Å². The second kappa shape index (κ2) is 5.50. The summed E-state index contributed by atoms with van der Waals surface area (Å²) in [4.78, 5) is 2.29. The van der Waals surface area contributed by atoms with Crippen LogP contribution in [-0.4, -0.2) is 23.1 Å². The van der Waals surface area contributed by atoms with Crippen LogP contribution in [0.5, 0.6) is 0 Å². The van der Waals surface area contributed by atoms with Gasteiger partial charge in [-0.3, -0.25) is 0 Å². The Labute approximate surface area is 109 Å². The van der Waals surface area contributed by atoms with E-state index in [0.29, 0.717) is 0 Å². The number of anilines is 1. The number of thiocarbonyl (C=S) groups is 1. The monoisotopic (exact) mass is 248 g/mol. The normalized spacial score (nSPS) is 20.1. The first-order valence-corrected chi connectivity index (χ1v) is 6.69. The van der Waals surface area contributed by atoms with E-state index in [2.05, 4.69) is 36.2 Å². The lowest BCUT2D eigenvalue weighted by atomic mass is 10.0. The van der Waals surface area contributed by atoms with Gasteiger partial charge in [0.1, 0.15) is 0 Å². The maximum Gasteiger partial charge on any atom is 0.173 e. The molecule has 1 aliphatic rings. The van der Waals surface area contributed by atoms with Crippen molar-refractivity contribution in [3.8, 4) is 0 Å². The van der Waals surface area contributed by atoms with Crippen molar-refractivity contribution in [1.29, 1.82) is 0 Å². The molecule has 2 rings (SSSR count). The number of benzene rings is 1. The lowest BCUT2D eigenvalue weighted by Gasteiger charge is -2.33. The summed E-state index contributed by atoms with van der Waals surface area (Å²) in [6.45, 7) is 6.56. The fourth-order valence-corrected chi connectivity index (χ4v) is 2.56. The molecule has 0 bridgehead atoms. The van der Waals surface area contributed by atoms with Crippen LogP contribution in [0.2, 0.25) is 0 Å². The van der Waals surface area contributed by atoms with Crippen LogP contribution < -0.4 is 5.32 Å². The molecule has 1 fully saturated rings. The summed E-state index contributed by atoms with van der Waals surface area (Å²) in [7, 11) is 0. The number of piperidine rings is 1. The molecule has 17 heavy (non-hydrogen) atoms. The minimum atomic E-state index is 0.750. The van der Waals surface area contributed by atoms with Crippen LogP contribution >= 0.6 is 12.2 Å². The smallest absolute Gasteiger partial charge is 0.173 e. The highest BCUT2D eigenvalue weighted by atomic mass is 32.1. The Balaban J connectivity index is 1.99. The third-order valence-corrected chi connectivity index (χ3v) is 3.69. The lowest BCUT2D eigenvalue weighted by Crippen LogP contribution is -2.41. The quantitative estimate of drug-likeness (QED) is 0.767. The maximum atomic E-state index is 5.48. The molecule has 1 aliphatic heterocycles. The molecular formula is C14H20N2S. The molecule has 92 valence electrons. The van der Waals surface area contributed by atoms with Gasteiger partial charge in [0.05, 0.1) is 0 Å². The van der Waals surface area contributed by atoms with Crippen LogP contribution in [0, 0.1) is 12.8 Å². The van der Waals surface area contributed by atoms with Crippen molar-refractivity contribution >= 4 is 23.0 Å². The Bertz CT molecular complexity index is 403. The average molecular weight is 248 g/mol. The molecule has 1 N–H and O–H groups in total. The van der Waals surface area contributed by atoms with Gasteiger partial charge in [0.25, 0.3) is 0 Å². The molecule has 3 heteroatoms. The van der Waals surface area contributed by atoms with Crippen LogP contribution in [0.15, 0.2) is 24.3 Å². The number of hydrogen-bond donors (Lipinski definition) is 1. The standard InChI is InChI=1S/C14H20N2S/c1-11-6-5-9-16(10-11)14(17)15-13-8-4-3-7-12(13)2/h3-4,7-8,11H,5-6,9-10H2,1-2H3,(H,15,17). The molecule has 1 aromatic carbocycles. The number of nitrogens with zero attached hydrogens (tertiary/aromatic N) is 1. The number of aryl methyl sites for hydroxylation is 1. The van der Waals surface area contributed by atoms with Gasteiger partial charge in [-0.05, 0) is 49.5 Å². The van der Waals surface area contributed by atoms with Crippen LogP contribution in [0.3, 0.4) is 0 Å². The van der Waals surface area contributed by atoms with Crippen molar-refractivity contribution in [2.24, 2.45) is 5.92 Å². The zero-order valence-electron chi connectivity index (χ0n) is 10.6. The number of nitrogens with one attached hydrogen (secondary N) is 1. The first-order valence-electron chi connectivity index (χ1n) is 6.28. The molecule has 0 amide bonds. The van der Waals surface area contributed by atoms with E-state index in [9.17, 15) is 0 Å². The first-order chi connectivity index (χ1) is 8.16. The van der Waals surface area contributed by atoms with Gasteiger partial charge < -0.3 is 10.2 Å². The van der Waals surface area contributed by atoms with Gasteiger partial charge in [0.15, 0.2) is 5.11 Å². The molecule has 0 spiro atoms. The van der Waals surface area contributed by atoms with Crippen LogP contribution in [0.1, 0.15) is 25.3 Å². The molecule has 1 unspecified atom stereocenters. The van der Waals surface area contributed by atoms with E-state index < -0.39 is 0 Å². The summed E-state index contributed by atoms with van der Waals surface area (Å²) in [5.74, 6) is 0.750. The summed E-state index contributed by atoms with van der Waals surface area (Å²) in [6, 6.07) is 8.27. The summed E-state index contributed by atoms with van der Waals surface area (Å²) < 4.78 is 0. The van der Waals surface area contributed by atoms with Crippen LogP contribution in [0.4, 0.5) is 5.69 Å². The fourth-order valence-electron chi connectivity index (χ4n) is 2.28. The molecule has 0 radical (unpaired) electrons. The van der Waals surface area contributed by atoms with E-state index in [1.165, 1.54) is 18.4 Å². The zero-order valence-corrected chi connectivity index (χ0v) is 11.4. The third-order valence-electron chi connectivity index (χ3n) is 3.33. The highest BCUT2D eigenvalue weighted by Gasteiger charge is 2.18. The Kier molecular flexibility index (Phi) is 4.00. The molecule has 1 heterocycles. The zero-order chi connectivity index (χ0) is 12.3. The van der Waals surface area contributed by atoms with Gasteiger partial charge in [0, 0.05) is 18.8 Å². The Morgan fingerprint density at radius 2 is 2.18 bits per heavy atom. The predicted molar refractivity (Wildman–Crippen MR) is 77.4 cm³/mol. The molecule has 0 saturated carbocycles. The van der Waals surface area contributed by atoms with Crippen molar-refractivity contribution in [2.45, 2.75) is 26.7 Å². The van der Waals surface area contributed by atoms with E-state index >= 15 is 0 Å². The molecule has 0 aromatic heterocycles. The van der Waals surface area contributed by atoms with Gasteiger partial charge in [-0.15, -0.1) is 0 Å². The predicted octanol–water partition coefficient (Wildman–Crippen LogP) is 3.42. The Hall–Kier alpha value is -1.09. The third kappa shape index (κ3) is 3.19. The minimum absolute atomic E-state index is 0.750. The maximum absolute atomic E-state index is 5.48. The topological polar surface area (TPSA) is 15.3 Å². The van der Waals surface area contributed by atoms with Gasteiger partial charge in [-0.2, -0.15) is 0 Å². The van der Waals surface area contributed by atoms with E-state index in [1.54, 1.807) is 0 Å². The second-order valence-electron chi connectivity index (χ2n) is 4.94. The molecule has 1 aromatic rings. The van der Waals surface area contributed by atoms with Gasteiger partial charge in [-0.25, -0.2) is 0 Å². The van der Waals surface area contributed by atoms with Gasteiger partial charge in [0.2, 0.25) is 0 Å². The lowest BCUT2D eigenvalue weighted by molar-refractivity contribution is 0.276. The Morgan fingerprint density at radius 1 is 1.41 bits per heavy atom. The fraction of sp³-hybridized carbons (Fsp3) is 0.500. The van der Waals surface area contributed by atoms with Crippen LogP contribution in [-0.2, 0) is 0 Å². The summed E-state index contributed by atoms with van der Waals surface area (Å²) in [5, 5.41) is 4.22. The first kappa shape index (κ1) is 12.4. The Morgan fingerprint density at radius 3 is 2.88 bits per heavy atom. The average Bonchev–Trinajstić information content (AvgIpc) is 2.32. The number of likely N-dealkylation sites (tertiary alicyclic amines) is 1. The summed E-state index contributed by atoms with van der Waals surface area (Å²) in [5.41, 5.74) is 2.36. The minimum Gasteiger partial charge on any atom is -0.349 e. The van der Waals surface area contributed by atoms with Crippen molar-refractivity contribution in [3.05, 3.63) is 29.8 Å². The highest BCUT2D eigenvalue weighted by Crippen LogP contribution is 2.18. The van der Waals surface area contributed by atoms with E-state index in [4.69, 9.17) is 12.2 Å². The SMILES string of the molecule is Cc1ccccc1NC(=S)N1CCCC(C)C1. The van der Waals surface area contributed by atoms with Crippen molar-refractivity contribution in [1.82, 2.24) is 4.90 Å². The van der Waals surface area contributed by atoms with Crippen molar-refractivity contribution in [3.63, 3.8) is 0 Å². The molecule has 2 nitrogen and oxygen atoms in total. The number of rotatable bonds is 1. The van der Waals surface area contributed by atoms with Gasteiger partial charge >= 0.3 is 0 Å². The molecule has 1 atom stereocenters. The van der Waals surface area contributed by atoms with Crippen molar-refractivity contribution in [2.75, 3.05) is 18.4 Å². The van der Waals surface area contributed by atoms with Gasteiger partial charge in [-0.1, -0.05) is 25.1 Å². The summed E-state index contributed by atoms with van der Waals surface area (Å²) >= 11 is 5.48. The van der Waals surface area contributed by atoms with Crippen molar-refractivity contribution < 1.29 is 0 Å². The summed E-state index contributed by atoms with van der Waals surface area (Å²) in [6.07, 6.45) is 2.57.